The Hall–Kier alpha value is -0.120. The molecule has 0 amide bonds. The highest BCUT2D eigenvalue weighted by atomic mass is 16.5. The van der Waals surface area contributed by atoms with E-state index < -0.39 is 0 Å². The Labute approximate surface area is 80.8 Å². The number of hydrogen-bond donors (Lipinski definition) is 1. The summed E-state index contributed by atoms with van der Waals surface area (Å²) in [5.74, 6) is 0. The van der Waals surface area contributed by atoms with Gasteiger partial charge in [-0.2, -0.15) is 0 Å². The average molecular weight is 187 g/mol. The van der Waals surface area contributed by atoms with Crippen LogP contribution in [0.1, 0.15) is 27.7 Å². The largest absolute Gasteiger partial charge is 0.373 e. The van der Waals surface area contributed by atoms with Gasteiger partial charge >= 0.3 is 0 Å². The van der Waals surface area contributed by atoms with Gasteiger partial charge in [-0.25, -0.2) is 0 Å². The van der Waals surface area contributed by atoms with Crippen LogP contribution in [0.2, 0.25) is 0 Å². The van der Waals surface area contributed by atoms with Crippen LogP contribution < -0.4 is 5.32 Å². The first-order valence-corrected chi connectivity index (χ1v) is 4.96. The Morgan fingerprint density at radius 1 is 1.46 bits per heavy atom. The van der Waals surface area contributed by atoms with Gasteiger partial charge in [-0.1, -0.05) is 0 Å². The highest BCUT2D eigenvalue weighted by Crippen LogP contribution is 2.09. The zero-order valence-corrected chi connectivity index (χ0v) is 9.09. The van der Waals surface area contributed by atoms with Crippen molar-refractivity contribution in [3.8, 4) is 0 Å². The molecule has 3 heteroatoms. The first-order valence-electron chi connectivity index (χ1n) is 4.96. The monoisotopic (exact) mass is 187 g/mol. The van der Waals surface area contributed by atoms with Gasteiger partial charge in [0.05, 0.1) is 24.9 Å². The highest BCUT2D eigenvalue weighted by Gasteiger charge is 2.20. The van der Waals surface area contributed by atoms with Gasteiger partial charge in [-0.05, 0) is 27.7 Å². The van der Waals surface area contributed by atoms with E-state index in [1.165, 1.54) is 0 Å². The molecule has 1 aliphatic heterocycles. The van der Waals surface area contributed by atoms with Gasteiger partial charge in [0.15, 0.2) is 0 Å². The summed E-state index contributed by atoms with van der Waals surface area (Å²) in [7, 11) is 0. The molecule has 1 rings (SSSR count). The van der Waals surface area contributed by atoms with E-state index in [0.717, 1.165) is 13.2 Å². The molecule has 2 atom stereocenters. The molecule has 1 fully saturated rings. The summed E-state index contributed by atoms with van der Waals surface area (Å²) >= 11 is 0. The zero-order valence-electron chi connectivity index (χ0n) is 9.09. The Balaban J connectivity index is 2.16. The van der Waals surface area contributed by atoms with E-state index in [0.29, 0.717) is 12.6 Å². The van der Waals surface area contributed by atoms with Crippen molar-refractivity contribution in [1.29, 1.82) is 0 Å². The lowest BCUT2D eigenvalue weighted by molar-refractivity contribution is -0.0871. The minimum Gasteiger partial charge on any atom is -0.373 e. The van der Waals surface area contributed by atoms with Gasteiger partial charge in [0.2, 0.25) is 0 Å². The summed E-state index contributed by atoms with van der Waals surface area (Å²) in [5.41, 5.74) is -0.0631. The molecular formula is C10H21NO2. The molecule has 13 heavy (non-hydrogen) atoms. The van der Waals surface area contributed by atoms with Crippen LogP contribution in [0, 0.1) is 0 Å². The standard InChI is InChI=1S/C10H21NO2/c1-8-6-12-9(5-11-8)7-13-10(2,3)4/h8-9,11H,5-7H2,1-4H3/t8-,9+/m0/s1. The number of morpholine rings is 1. The van der Waals surface area contributed by atoms with Crippen molar-refractivity contribution < 1.29 is 9.47 Å². The van der Waals surface area contributed by atoms with Crippen molar-refractivity contribution in [2.24, 2.45) is 0 Å². The lowest BCUT2D eigenvalue weighted by Gasteiger charge is -2.30. The first-order chi connectivity index (χ1) is 5.97. The van der Waals surface area contributed by atoms with Crippen molar-refractivity contribution in [3.05, 3.63) is 0 Å². The molecule has 0 saturated carbocycles. The van der Waals surface area contributed by atoms with E-state index in [-0.39, 0.29) is 11.7 Å². The normalized spacial score (nSPS) is 30.5. The minimum atomic E-state index is -0.0631. The minimum absolute atomic E-state index is 0.0631. The molecule has 0 aromatic rings. The summed E-state index contributed by atoms with van der Waals surface area (Å²) < 4.78 is 11.2. The molecule has 3 nitrogen and oxygen atoms in total. The molecule has 0 aromatic heterocycles. The van der Waals surface area contributed by atoms with Crippen LogP contribution in [0.25, 0.3) is 0 Å². The second kappa shape index (κ2) is 4.40. The third kappa shape index (κ3) is 4.60. The topological polar surface area (TPSA) is 30.5 Å². The molecule has 78 valence electrons. The van der Waals surface area contributed by atoms with Gasteiger partial charge in [-0.3, -0.25) is 0 Å². The van der Waals surface area contributed by atoms with Crippen molar-refractivity contribution in [2.75, 3.05) is 19.8 Å². The van der Waals surface area contributed by atoms with Crippen LogP contribution in [0.5, 0.6) is 0 Å². The molecule has 1 N–H and O–H groups in total. The first kappa shape index (κ1) is 11.0. The second-order valence-electron chi connectivity index (χ2n) is 4.69. The smallest absolute Gasteiger partial charge is 0.0933 e. The zero-order chi connectivity index (χ0) is 9.90. The molecule has 1 saturated heterocycles. The van der Waals surface area contributed by atoms with E-state index in [9.17, 15) is 0 Å². The van der Waals surface area contributed by atoms with Gasteiger partial charge in [-0.15, -0.1) is 0 Å². The Bertz CT molecular complexity index is 145. The van der Waals surface area contributed by atoms with Crippen molar-refractivity contribution in [3.63, 3.8) is 0 Å². The van der Waals surface area contributed by atoms with E-state index >= 15 is 0 Å². The van der Waals surface area contributed by atoms with Gasteiger partial charge in [0, 0.05) is 12.6 Å². The number of nitrogens with one attached hydrogen (secondary N) is 1. The van der Waals surface area contributed by atoms with Gasteiger partial charge in [0.1, 0.15) is 0 Å². The molecule has 1 heterocycles. The van der Waals surface area contributed by atoms with Crippen LogP contribution in [0.3, 0.4) is 0 Å². The lowest BCUT2D eigenvalue weighted by atomic mass is 10.2. The number of ether oxygens (including phenoxy) is 2. The fourth-order valence-electron chi connectivity index (χ4n) is 1.18. The van der Waals surface area contributed by atoms with E-state index in [1.54, 1.807) is 0 Å². The predicted molar refractivity (Wildman–Crippen MR) is 52.9 cm³/mol. The Morgan fingerprint density at radius 3 is 2.62 bits per heavy atom. The quantitative estimate of drug-likeness (QED) is 0.704. The van der Waals surface area contributed by atoms with Crippen molar-refractivity contribution >= 4 is 0 Å². The summed E-state index contributed by atoms with van der Waals surface area (Å²) in [5, 5.41) is 3.36. The van der Waals surface area contributed by atoms with Crippen LogP contribution in [-0.2, 0) is 9.47 Å². The predicted octanol–water partition coefficient (Wildman–Crippen LogP) is 1.18. The second-order valence-corrected chi connectivity index (χ2v) is 4.69. The summed E-state index contributed by atoms with van der Waals surface area (Å²) in [4.78, 5) is 0. The molecule has 0 bridgehead atoms. The van der Waals surface area contributed by atoms with E-state index in [4.69, 9.17) is 9.47 Å². The molecule has 0 unspecified atom stereocenters. The highest BCUT2D eigenvalue weighted by molar-refractivity contribution is 4.73. The lowest BCUT2D eigenvalue weighted by Crippen LogP contribution is -2.47. The Kier molecular flexibility index (Phi) is 3.71. The molecule has 0 radical (unpaired) electrons. The van der Waals surface area contributed by atoms with Crippen LogP contribution >= 0.6 is 0 Å². The summed E-state index contributed by atoms with van der Waals surface area (Å²) in [6.45, 7) is 10.7. The third-order valence-electron chi connectivity index (χ3n) is 1.98. The third-order valence-corrected chi connectivity index (χ3v) is 1.98. The summed E-state index contributed by atoms with van der Waals surface area (Å²) in [6.07, 6.45) is 0.218. The van der Waals surface area contributed by atoms with E-state index in [1.807, 2.05) is 0 Å². The molecule has 0 aromatic carbocycles. The van der Waals surface area contributed by atoms with Crippen LogP contribution in [-0.4, -0.2) is 37.5 Å². The molecular weight excluding hydrogens is 166 g/mol. The number of hydrogen-bond acceptors (Lipinski definition) is 3. The number of rotatable bonds is 2. The SMILES string of the molecule is C[C@H]1CO[C@@H](COC(C)(C)C)CN1. The van der Waals surface area contributed by atoms with Gasteiger partial charge in [0.25, 0.3) is 0 Å². The van der Waals surface area contributed by atoms with E-state index in [2.05, 4.69) is 33.0 Å². The maximum Gasteiger partial charge on any atom is 0.0933 e. The molecule has 0 aliphatic carbocycles. The fraction of sp³-hybridized carbons (Fsp3) is 1.00. The molecule has 1 aliphatic rings. The maximum absolute atomic E-state index is 5.64. The fourth-order valence-corrected chi connectivity index (χ4v) is 1.18. The maximum atomic E-state index is 5.64. The van der Waals surface area contributed by atoms with Crippen molar-refractivity contribution in [2.45, 2.75) is 45.4 Å². The van der Waals surface area contributed by atoms with Crippen LogP contribution in [0.4, 0.5) is 0 Å². The summed E-state index contributed by atoms with van der Waals surface area (Å²) in [6, 6.07) is 0.478. The van der Waals surface area contributed by atoms with Crippen molar-refractivity contribution in [1.82, 2.24) is 5.32 Å². The average Bonchev–Trinajstić information content (AvgIpc) is 2.02. The molecule has 0 spiro atoms. The van der Waals surface area contributed by atoms with Crippen LogP contribution in [0.15, 0.2) is 0 Å². The Morgan fingerprint density at radius 2 is 2.15 bits per heavy atom. The van der Waals surface area contributed by atoms with Gasteiger partial charge < -0.3 is 14.8 Å².